The fourth-order valence-electron chi connectivity index (χ4n) is 3.31. The molecule has 0 saturated heterocycles. The lowest BCUT2D eigenvalue weighted by Crippen LogP contribution is -2.02. The Morgan fingerprint density at radius 3 is 2.43 bits per heavy atom. The van der Waals surface area contributed by atoms with Gasteiger partial charge in [0.05, 0.1) is 5.92 Å². The van der Waals surface area contributed by atoms with Gasteiger partial charge in [-0.1, -0.05) is 66.7 Å². The van der Waals surface area contributed by atoms with Crippen molar-refractivity contribution < 1.29 is 0 Å². The quantitative estimate of drug-likeness (QED) is 0.550. The molecule has 0 fully saturated rings. The highest BCUT2D eigenvalue weighted by atomic mass is 14.3. The Balaban J connectivity index is 2.04. The van der Waals surface area contributed by atoms with Crippen molar-refractivity contribution in [2.75, 3.05) is 0 Å². The Bertz CT molecular complexity index is 868. The van der Waals surface area contributed by atoms with Gasteiger partial charge in [0, 0.05) is 0 Å². The van der Waals surface area contributed by atoms with Crippen molar-refractivity contribution in [3.8, 4) is 0 Å². The molecule has 1 aliphatic carbocycles. The molecule has 0 aliphatic heterocycles. The van der Waals surface area contributed by atoms with Crippen LogP contribution in [-0.4, -0.2) is 0 Å². The first-order valence-electron chi connectivity index (χ1n) is 7.39. The third-order valence-corrected chi connectivity index (χ3v) is 4.52. The monoisotopic (exact) mass is 269 g/mol. The van der Waals surface area contributed by atoms with Crippen LogP contribution in [0.1, 0.15) is 27.8 Å². The number of allylic oxidation sites excluding steroid dienone is 1. The van der Waals surface area contributed by atoms with E-state index in [1.54, 1.807) is 0 Å². The van der Waals surface area contributed by atoms with Crippen LogP contribution in [0.4, 0.5) is 0 Å². The number of aryl methyl sites for hydroxylation is 1. The molecule has 0 heterocycles. The maximum atomic E-state index is 2.29. The first-order valence-corrected chi connectivity index (χ1v) is 7.39. The van der Waals surface area contributed by atoms with E-state index in [9.17, 15) is 0 Å². The van der Waals surface area contributed by atoms with Gasteiger partial charge in [0.2, 0.25) is 0 Å². The van der Waals surface area contributed by atoms with Crippen LogP contribution in [0.3, 0.4) is 0 Å². The highest BCUT2D eigenvalue weighted by Crippen LogP contribution is 2.40. The molecule has 0 unspecified atom stereocenters. The van der Waals surface area contributed by atoms with Crippen molar-refractivity contribution in [2.24, 2.45) is 0 Å². The molecule has 0 N–H and O–H groups in total. The van der Waals surface area contributed by atoms with E-state index in [4.69, 9.17) is 0 Å². The summed E-state index contributed by atoms with van der Waals surface area (Å²) in [5.41, 5.74) is 6.78. The van der Waals surface area contributed by atoms with E-state index in [2.05, 4.69) is 80.6 Å². The summed E-state index contributed by atoms with van der Waals surface area (Å²) in [5.74, 6) is 1.35. The molecule has 4 rings (SSSR count). The standard InChI is InChI=1S/C21H17/c1-14-13-17-8-4-6-10-19(17)21(15(14)2)20-12-11-16-7-3-5-9-18(16)20/h3-13H,1-2H3. The lowest BCUT2D eigenvalue weighted by Gasteiger charge is -2.18. The summed E-state index contributed by atoms with van der Waals surface area (Å²) in [7, 11) is 0. The first kappa shape index (κ1) is 12.4. The molecule has 0 saturated carbocycles. The Labute approximate surface area is 125 Å². The van der Waals surface area contributed by atoms with Gasteiger partial charge < -0.3 is 0 Å². The molecule has 0 atom stereocenters. The molecule has 0 spiro atoms. The summed E-state index contributed by atoms with van der Waals surface area (Å²) >= 11 is 0. The average molecular weight is 269 g/mol. The second-order valence-corrected chi connectivity index (χ2v) is 5.75. The third-order valence-electron chi connectivity index (χ3n) is 4.52. The topological polar surface area (TPSA) is 0 Å². The molecule has 0 nitrogen and oxygen atoms in total. The van der Waals surface area contributed by atoms with Crippen LogP contribution in [0.5, 0.6) is 0 Å². The van der Waals surface area contributed by atoms with Gasteiger partial charge in [-0.05, 0) is 52.4 Å². The fourth-order valence-corrected chi connectivity index (χ4v) is 3.31. The molecule has 3 aromatic rings. The Hall–Kier alpha value is -2.34. The molecule has 3 aromatic carbocycles. The first-order chi connectivity index (χ1) is 10.3. The van der Waals surface area contributed by atoms with E-state index in [1.807, 2.05) is 0 Å². The van der Waals surface area contributed by atoms with Crippen LogP contribution in [0.25, 0.3) is 16.8 Å². The molecule has 21 heavy (non-hydrogen) atoms. The number of rotatable bonds is 1. The summed E-state index contributed by atoms with van der Waals surface area (Å²) in [6.07, 6.45) is 4.49. The summed E-state index contributed by atoms with van der Waals surface area (Å²) < 4.78 is 0. The van der Waals surface area contributed by atoms with Gasteiger partial charge in [-0.2, -0.15) is 0 Å². The highest BCUT2D eigenvalue weighted by Gasteiger charge is 2.23. The van der Waals surface area contributed by atoms with Crippen LogP contribution < -0.4 is 0 Å². The van der Waals surface area contributed by atoms with E-state index in [1.165, 1.54) is 44.5 Å². The van der Waals surface area contributed by atoms with Gasteiger partial charge in [0.15, 0.2) is 0 Å². The molecule has 0 aromatic heterocycles. The van der Waals surface area contributed by atoms with E-state index in [-0.39, 0.29) is 0 Å². The lowest BCUT2D eigenvalue weighted by molar-refractivity contribution is 1.25. The minimum absolute atomic E-state index is 1.32. The molecule has 1 radical (unpaired) electrons. The molecule has 0 heteroatoms. The van der Waals surface area contributed by atoms with Gasteiger partial charge in [0.25, 0.3) is 0 Å². The normalized spacial score (nSPS) is 13.8. The summed E-state index contributed by atoms with van der Waals surface area (Å²) in [6.45, 7) is 4.44. The van der Waals surface area contributed by atoms with Gasteiger partial charge in [-0.15, -0.1) is 0 Å². The van der Waals surface area contributed by atoms with Crippen molar-refractivity contribution in [1.29, 1.82) is 0 Å². The largest absolute Gasteiger partial charge is 0.0674 e. The van der Waals surface area contributed by atoms with E-state index < -0.39 is 0 Å². The smallest absolute Gasteiger partial charge is 0.0572 e. The Morgan fingerprint density at radius 1 is 0.762 bits per heavy atom. The van der Waals surface area contributed by atoms with Crippen LogP contribution in [0.2, 0.25) is 0 Å². The molecular weight excluding hydrogens is 252 g/mol. The highest BCUT2D eigenvalue weighted by molar-refractivity contribution is 5.93. The second-order valence-electron chi connectivity index (χ2n) is 5.75. The van der Waals surface area contributed by atoms with Crippen LogP contribution in [0.15, 0.2) is 60.7 Å². The van der Waals surface area contributed by atoms with Crippen molar-refractivity contribution >= 4 is 16.8 Å². The van der Waals surface area contributed by atoms with Crippen LogP contribution in [-0.2, 0) is 0 Å². The van der Waals surface area contributed by atoms with Gasteiger partial charge in [-0.25, -0.2) is 0 Å². The molecular formula is C21H17. The molecule has 101 valence electrons. The maximum Gasteiger partial charge on any atom is 0.0572 e. The van der Waals surface area contributed by atoms with E-state index in [0.717, 1.165) is 0 Å². The summed E-state index contributed by atoms with van der Waals surface area (Å²) in [4.78, 5) is 0. The molecule has 1 aliphatic rings. The SMILES string of the molecule is Cc1cc2ccccc2c([C]2C=Cc3ccccc32)c1C. The van der Waals surface area contributed by atoms with Gasteiger partial charge >= 0.3 is 0 Å². The van der Waals surface area contributed by atoms with E-state index >= 15 is 0 Å². The minimum atomic E-state index is 1.32. The third kappa shape index (κ3) is 1.83. The Kier molecular flexibility index (Phi) is 2.71. The number of benzene rings is 3. The zero-order valence-electron chi connectivity index (χ0n) is 12.4. The van der Waals surface area contributed by atoms with Gasteiger partial charge in [0.1, 0.15) is 0 Å². The number of hydrogen-bond acceptors (Lipinski definition) is 0. The van der Waals surface area contributed by atoms with Crippen molar-refractivity contribution in [1.82, 2.24) is 0 Å². The van der Waals surface area contributed by atoms with E-state index in [0.29, 0.717) is 0 Å². The van der Waals surface area contributed by atoms with Crippen molar-refractivity contribution in [3.05, 3.63) is 94.4 Å². The average Bonchev–Trinajstić information content (AvgIpc) is 2.92. The zero-order chi connectivity index (χ0) is 14.4. The summed E-state index contributed by atoms with van der Waals surface area (Å²) in [5, 5.41) is 2.66. The molecule has 0 bridgehead atoms. The maximum absolute atomic E-state index is 2.29. The van der Waals surface area contributed by atoms with Crippen molar-refractivity contribution in [2.45, 2.75) is 13.8 Å². The summed E-state index contributed by atoms with van der Waals surface area (Å²) in [6, 6.07) is 19.6. The minimum Gasteiger partial charge on any atom is -0.0674 e. The number of hydrogen-bond donors (Lipinski definition) is 0. The molecule has 0 amide bonds. The Morgan fingerprint density at radius 2 is 1.52 bits per heavy atom. The fraction of sp³-hybridized carbons (Fsp3) is 0.0952. The van der Waals surface area contributed by atoms with Gasteiger partial charge in [-0.3, -0.25) is 0 Å². The second kappa shape index (κ2) is 4.60. The zero-order valence-corrected chi connectivity index (χ0v) is 12.4. The van der Waals surface area contributed by atoms with Crippen LogP contribution >= 0.6 is 0 Å². The number of fused-ring (bicyclic) bond motifs is 2. The van der Waals surface area contributed by atoms with Crippen LogP contribution in [0, 0.1) is 19.8 Å². The predicted molar refractivity (Wildman–Crippen MR) is 90.3 cm³/mol. The van der Waals surface area contributed by atoms with Crippen molar-refractivity contribution in [3.63, 3.8) is 0 Å². The lowest BCUT2D eigenvalue weighted by atomic mass is 9.84. The predicted octanol–water partition coefficient (Wildman–Crippen LogP) is 5.45.